The van der Waals surface area contributed by atoms with E-state index in [9.17, 15) is 4.79 Å². The first-order chi connectivity index (χ1) is 12.7. The van der Waals surface area contributed by atoms with Crippen LogP contribution in [0.2, 0.25) is 0 Å². The number of amides is 1. The number of aromatic nitrogens is 4. The lowest BCUT2D eigenvalue weighted by molar-refractivity contribution is -0.121. The van der Waals surface area contributed by atoms with E-state index in [1.54, 1.807) is 35.5 Å². The minimum absolute atomic E-state index is 0.0397. The summed E-state index contributed by atoms with van der Waals surface area (Å²) in [5.41, 5.74) is 2.49. The van der Waals surface area contributed by atoms with Crippen molar-refractivity contribution in [2.45, 2.75) is 38.0 Å². The van der Waals surface area contributed by atoms with E-state index < -0.39 is 5.41 Å². The molecule has 1 aliphatic rings. The van der Waals surface area contributed by atoms with Crippen molar-refractivity contribution < 1.29 is 4.79 Å². The highest BCUT2D eigenvalue weighted by atomic mass is 16.2. The minimum atomic E-state index is -0.462. The van der Waals surface area contributed by atoms with Gasteiger partial charge in [-0.05, 0) is 37.0 Å². The number of carbonyl (C=O) groups is 1. The van der Waals surface area contributed by atoms with Crippen molar-refractivity contribution in [3.63, 3.8) is 0 Å². The molecule has 0 radical (unpaired) electrons. The summed E-state index contributed by atoms with van der Waals surface area (Å²) >= 11 is 0. The second-order valence-electron chi connectivity index (χ2n) is 6.78. The quantitative estimate of drug-likeness (QED) is 0.785. The Morgan fingerprint density at radius 2 is 1.85 bits per heavy atom. The molecule has 1 N–H and O–H groups in total. The number of carbonyl (C=O) groups excluding carboxylic acids is 1. The molecule has 1 aliphatic carbocycles. The van der Waals surface area contributed by atoms with Crippen LogP contribution >= 0.6 is 0 Å². The van der Waals surface area contributed by atoms with Crippen LogP contribution in [0.4, 0.5) is 5.69 Å². The van der Waals surface area contributed by atoms with Crippen LogP contribution < -0.4 is 5.32 Å². The van der Waals surface area contributed by atoms with Gasteiger partial charge in [-0.25, -0.2) is 14.6 Å². The Labute approximate surface area is 152 Å². The summed E-state index contributed by atoms with van der Waals surface area (Å²) in [7, 11) is 0. The summed E-state index contributed by atoms with van der Waals surface area (Å²) in [6.45, 7) is 2.08. The van der Waals surface area contributed by atoms with Gasteiger partial charge < -0.3 is 5.32 Å². The third kappa shape index (κ3) is 2.87. The van der Waals surface area contributed by atoms with Crippen molar-refractivity contribution in [2.24, 2.45) is 0 Å². The number of hydrogen-bond donors (Lipinski definition) is 1. The standard InChI is InChI=1S/C20H21N5O/c1-15-7-2-3-8-17(15)20(9-4-5-10-20)18(26)24-16-13-23-25(14-16)19-21-11-6-12-22-19/h2-3,6-8,11-14H,4-5,9-10H2,1H3,(H,24,26). The summed E-state index contributed by atoms with van der Waals surface area (Å²) in [6, 6.07) is 9.94. The van der Waals surface area contributed by atoms with Gasteiger partial charge in [-0.15, -0.1) is 0 Å². The first-order valence-corrected chi connectivity index (χ1v) is 8.89. The zero-order chi connectivity index (χ0) is 18.0. The number of anilines is 1. The molecule has 132 valence electrons. The molecule has 0 unspecified atom stereocenters. The van der Waals surface area contributed by atoms with Crippen molar-refractivity contribution in [2.75, 3.05) is 5.32 Å². The third-order valence-corrected chi connectivity index (χ3v) is 5.15. The molecule has 2 heterocycles. The first-order valence-electron chi connectivity index (χ1n) is 8.89. The highest BCUT2D eigenvalue weighted by Crippen LogP contribution is 2.43. The monoisotopic (exact) mass is 347 g/mol. The van der Waals surface area contributed by atoms with Crippen molar-refractivity contribution >= 4 is 11.6 Å². The van der Waals surface area contributed by atoms with E-state index in [0.717, 1.165) is 36.8 Å². The molecular weight excluding hydrogens is 326 g/mol. The minimum Gasteiger partial charge on any atom is -0.323 e. The predicted molar refractivity (Wildman–Crippen MR) is 99.1 cm³/mol. The van der Waals surface area contributed by atoms with Gasteiger partial charge in [-0.3, -0.25) is 4.79 Å². The zero-order valence-corrected chi connectivity index (χ0v) is 14.7. The Morgan fingerprint density at radius 1 is 1.12 bits per heavy atom. The van der Waals surface area contributed by atoms with E-state index in [-0.39, 0.29) is 5.91 Å². The first kappa shape index (κ1) is 16.4. The largest absolute Gasteiger partial charge is 0.323 e. The van der Waals surface area contributed by atoms with Gasteiger partial charge >= 0.3 is 0 Å². The molecule has 1 aromatic carbocycles. The second-order valence-corrected chi connectivity index (χ2v) is 6.78. The zero-order valence-electron chi connectivity index (χ0n) is 14.7. The van der Waals surface area contributed by atoms with Gasteiger partial charge in [0.15, 0.2) is 0 Å². The summed E-state index contributed by atoms with van der Waals surface area (Å²) < 4.78 is 1.56. The fourth-order valence-corrected chi connectivity index (χ4v) is 3.86. The SMILES string of the molecule is Cc1ccccc1C1(C(=O)Nc2cnn(-c3ncccn3)c2)CCCC1. The molecule has 26 heavy (non-hydrogen) atoms. The lowest BCUT2D eigenvalue weighted by Crippen LogP contribution is -2.38. The molecule has 4 rings (SSSR count). The summed E-state index contributed by atoms with van der Waals surface area (Å²) in [4.78, 5) is 21.6. The van der Waals surface area contributed by atoms with Crippen molar-refractivity contribution in [3.05, 3.63) is 66.2 Å². The fourth-order valence-electron chi connectivity index (χ4n) is 3.86. The average Bonchev–Trinajstić information content (AvgIpc) is 3.33. The number of nitrogens with zero attached hydrogens (tertiary/aromatic N) is 4. The molecule has 0 spiro atoms. The normalized spacial score (nSPS) is 15.7. The average molecular weight is 347 g/mol. The summed E-state index contributed by atoms with van der Waals surface area (Å²) in [6.07, 6.45) is 10.6. The number of rotatable bonds is 4. The topological polar surface area (TPSA) is 72.7 Å². The maximum atomic E-state index is 13.3. The molecule has 6 heteroatoms. The van der Waals surface area contributed by atoms with Crippen molar-refractivity contribution in [1.82, 2.24) is 19.7 Å². The Balaban J connectivity index is 1.61. The molecular formula is C20H21N5O. The van der Waals surface area contributed by atoms with Gasteiger partial charge in [0.05, 0.1) is 23.5 Å². The van der Waals surface area contributed by atoms with Crippen LogP contribution in [0, 0.1) is 6.92 Å². The van der Waals surface area contributed by atoms with Crippen LogP contribution in [-0.2, 0) is 10.2 Å². The molecule has 0 aliphatic heterocycles. The van der Waals surface area contributed by atoms with E-state index in [0.29, 0.717) is 11.6 Å². The van der Waals surface area contributed by atoms with Crippen molar-refractivity contribution in [3.8, 4) is 5.95 Å². The third-order valence-electron chi connectivity index (χ3n) is 5.15. The lowest BCUT2D eigenvalue weighted by Gasteiger charge is -2.29. The van der Waals surface area contributed by atoms with Crippen LogP contribution in [0.15, 0.2) is 55.1 Å². The van der Waals surface area contributed by atoms with Crippen LogP contribution in [0.5, 0.6) is 0 Å². The molecule has 6 nitrogen and oxygen atoms in total. The molecule has 0 bridgehead atoms. The van der Waals surface area contributed by atoms with Gasteiger partial charge in [-0.2, -0.15) is 5.10 Å². The smallest absolute Gasteiger partial charge is 0.250 e. The highest BCUT2D eigenvalue weighted by Gasteiger charge is 2.43. The molecule has 0 saturated heterocycles. The van der Waals surface area contributed by atoms with Crippen LogP contribution in [0.25, 0.3) is 5.95 Å². The van der Waals surface area contributed by atoms with Gasteiger partial charge in [0.2, 0.25) is 11.9 Å². The van der Waals surface area contributed by atoms with Crippen LogP contribution in [0.3, 0.4) is 0 Å². The van der Waals surface area contributed by atoms with Crippen LogP contribution in [0.1, 0.15) is 36.8 Å². The number of nitrogens with one attached hydrogen (secondary N) is 1. The van der Waals surface area contributed by atoms with Gasteiger partial charge in [0.1, 0.15) is 0 Å². The van der Waals surface area contributed by atoms with Gasteiger partial charge in [0, 0.05) is 12.4 Å². The molecule has 3 aromatic rings. The number of aryl methyl sites for hydroxylation is 1. The summed E-state index contributed by atoms with van der Waals surface area (Å²) in [5, 5.41) is 7.32. The predicted octanol–water partition coefficient (Wildman–Crippen LogP) is 3.42. The maximum Gasteiger partial charge on any atom is 0.250 e. The van der Waals surface area contributed by atoms with E-state index >= 15 is 0 Å². The molecule has 1 fully saturated rings. The Morgan fingerprint density at radius 3 is 2.58 bits per heavy atom. The molecule has 2 aromatic heterocycles. The van der Waals surface area contributed by atoms with Crippen LogP contribution in [-0.4, -0.2) is 25.7 Å². The summed E-state index contributed by atoms with van der Waals surface area (Å²) in [5.74, 6) is 0.514. The fraction of sp³-hybridized carbons (Fsp3) is 0.300. The van der Waals surface area contributed by atoms with E-state index in [1.165, 1.54) is 0 Å². The van der Waals surface area contributed by atoms with Crippen molar-refractivity contribution in [1.29, 1.82) is 0 Å². The maximum absolute atomic E-state index is 13.3. The van der Waals surface area contributed by atoms with E-state index in [2.05, 4.69) is 39.4 Å². The molecule has 1 saturated carbocycles. The lowest BCUT2D eigenvalue weighted by atomic mass is 9.76. The highest BCUT2D eigenvalue weighted by molar-refractivity contribution is 5.99. The van der Waals surface area contributed by atoms with Gasteiger partial charge in [0.25, 0.3) is 0 Å². The number of benzene rings is 1. The molecule has 1 amide bonds. The Kier molecular flexibility index (Phi) is 4.24. The van der Waals surface area contributed by atoms with E-state index in [4.69, 9.17) is 0 Å². The second kappa shape index (κ2) is 6.71. The number of hydrogen-bond acceptors (Lipinski definition) is 4. The van der Waals surface area contributed by atoms with E-state index in [1.807, 2.05) is 12.1 Å². The van der Waals surface area contributed by atoms with Gasteiger partial charge in [-0.1, -0.05) is 37.1 Å². The Bertz CT molecular complexity index is 913. The molecule has 0 atom stereocenters. The Hall–Kier alpha value is -3.02.